The predicted octanol–water partition coefficient (Wildman–Crippen LogP) is 3.83. The molecule has 0 bridgehead atoms. The molecule has 0 saturated heterocycles. The second-order valence-corrected chi connectivity index (χ2v) is 5.13. The summed E-state index contributed by atoms with van der Waals surface area (Å²) < 4.78 is 0. The normalized spacial score (nSPS) is 10.7. The van der Waals surface area contributed by atoms with Crippen LogP contribution in [0.5, 0.6) is 0 Å². The number of aromatic carboxylic acids is 1. The Morgan fingerprint density at radius 1 is 1.10 bits per heavy atom. The molecule has 0 saturated carbocycles. The van der Waals surface area contributed by atoms with Gasteiger partial charge in [0.05, 0.1) is 11.1 Å². The average Bonchev–Trinajstić information content (AvgIpc) is 2.47. The van der Waals surface area contributed by atoms with Gasteiger partial charge in [0.25, 0.3) is 0 Å². The summed E-state index contributed by atoms with van der Waals surface area (Å²) in [7, 11) is 0. The Hall–Kier alpha value is -2.68. The van der Waals surface area contributed by atoms with Crippen LogP contribution in [0.4, 0.5) is 0 Å². The van der Waals surface area contributed by atoms with Gasteiger partial charge in [-0.25, -0.2) is 4.79 Å². The van der Waals surface area contributed by atoms with Crippen LogP contribution in [0.2, 0.25) is 0 Å². The first-order valence-electron chi connectivity index (χ1n) is 6.80. The van der Waals surface area contributed by atoms with Gasteiger partial charge in [-0.3, -0.25) is 4.98 Å². The molecule has 3 nitrogen and oxygen atoms in total. The van der Waals surface area contributed by atoms with Gasteiger partial charge in [-0.15, -0.1) is 0 Å². The second-order valence-electron chi connectivity index (χ2n) is 5.13. The molecule has 3 rings (SSSR count). The Bertz CT molecular complexity index is 819. The van der Waals surface area contributed by atoms with Crippen LogP contribution in [0.3, 0.4) is 0 Å². The van der Waals surface area contributed by atoms with Crippen molar-refractivity contribution in [2.24, 2.45) is 0 Å². The highest BCUT2D eigenvalue weighted by atomic mass is 16.4. The summed E-state index contributed by atoms with van der Waals surface area (Å²) in [6.07, 6.45) is 2.36. The molecule has 0 atom stereocenters. The molecule has 3 aromatic rings. The predicted molar refractivity (Wildman–Crippen MR) is 82.7 cm³/mol. The standard InChI is InChI=1S/C18H15NO2/c1-12-6-7-16(18(20)21)14(10-12)11-13-8-9-19-17-5-3-2-4-15(13)17/h2-10H,11H2,1H3,(H,20,21). The van der Waals surface area contributed by atoms with Gasteiger partial charge < -0.3 is 5.11 Å². The van der Waals surface area contributed by atoms with E-state index in [1.807, 2.05) is 49.4 Å². The Morgan fingerprint density at radius 2 is 1.90 bits per heavy atom. The van der Waals surface area contributed by atoms with Gasteiger partial charge in [0, 0.05) is 11.6 Å². The van der Waals surface area contributed by atoms with Crippen LogP contribution in [-0.4, -0.2) is 16.1 Å². The molecule has 0 unspecified atom stereocenters. The van der Waals surface area contributed by atoms with E-state index in [0.717, 1.165) is 27.6 Å². The van der Waals surface area contributed by atoms with Crippen LogP contribution in [0, 0.1) is 6.92 Å². The van der Waals surface area contributed by atoms with E-state index in [2.05, 4.69) is 4.98 Å². The molecule has 2 aromatic carbocycles. The number of carboxylic acid groups (broad SMARTS) is 1. The summed E-state index contributed by atoms with van der Waals surface area (Å²) in [5, 5.41) is 10.4. The zero-order valence-electron chi connectivity index (χ0n) is 11.7. The monoisotopic (exact) mass is 277 g/mol. The summed E-state index contributed by atoms with van der Waals surface area (Å²) in [5.74, 6) is -0.886. The maximum absolute atomic E-state index is 11.4. The van der Waals surface area contributed by atoms with Crippen LogP contribution in [-0.2, 0) is 6.42 Å². The smallest absolute Gasteiger partial charge is 0.335 e. The maximum Gasteiger partial charge on any atom is 0.335 e. The lowest BCUT2D eigenvalue weighted by molar-refractivity contribution is 0.0696. The fraction of sp³-hybridized carbons (Fsp3) is 0.111. The Morgan fingerprint density at radius 3 is 2.71 bits per heavy atom. The van der Waals surface area contributed by atoms with Gasteiger partial charge in [-0.1, -0.05) is 35.9 Å². The van der Waals surface area contributed by atoms with Crippen molar-refractivity contribution in [1.29, 1.82) is 0 Å². The molecule has 0 radical (unpaired) electrons. The fourth-order valence-corrected chi connectivity index (χ4v) is 2.59. The van der Waals surface area contributed by atoms with E-state index in [-0.39, 0.29) is 0 Å². The van der Waals surface area contributed by atoms with Crippen LogP contribution in [0.25, 0.3) is 10.9 Å². The molecular formula is C18H15NO2. The van der Waals surface area contributed by atoms with Gasteiger partial charge in [-0.05, 0) is 42.7 Å². The lowest BCUT2D eigenvalue weighted by Crippen LogP contribution is -2.04. The summed E-state index contributed by atoms with van der Waals surface area (Å²) in [6.45, 7) is 1.97. The first kappa shape index (κ1) is 13.3. The molecule has 0 aliphatic carbocycles. The number of aryl methyl sites for hydroxylation is 1. The SMILES string of the molecule is Cc1ccc(C(=O)O)c(Cc2ccnc3ccccc23)c1. The van der Waals surface area contributed by atoms with Crippen LogP contribution >= 0.6 is 0 Å². The number of pyridine rings is 1. The molecule has 1 aromatic heterocycles. The van der Waals surface area contributed by atoms with Crippen LogP contribution in [0.1, 0.15) is 27.0 Å². The Labute approximate surface area is 122 Å². The molecule has 0 aliphatic heterocycles. The average molecular weight is 277 g/mol. The molecule has 1 heterocycles. The van der Waals surface area contributed by atoms with E-state index in [4.69, 9.17) is 0 Å². The van der Waals surface area contributed by atoms with Gasteiger partial charge >= 0.3 is 5.97 Å². The number of carboxylic acids is 1. The summed E-state index contributed by atoms with van der Waals surface area (Å²) >= 11 is 0. The summed E-state index contributed by atoms with van der Waals surface area (Å²) in [6, 6.07) is 15.3. The number of para-hydroxylation sites is 1. The number of carbonyl (C=O) groups is 1. The number of aromatic nitrogens is 1. The lowest BCUT2D eigenvalue weighted by Gasteiger charge is -2.10. The highest BCUT2D eigenvalue weighted by Gasteiger charge is 2.12. The first-order chi connectivity index (χ1) is 10.1. The molecule has 0 spiro atoms. The fourth-order valence-electron chi connectivity index (χ4n) is 2.59. The summed E-state index contributed by atoms with van der Waals surface area (Å²) in [5.41, 5.74) is 4.28. The number of fused-ring (bicyclic) bond motifs is 1. The molecule has 21 heavy (non-hydrogen) atoms. The van der Waals surface area contributed by atoms with Crippen molar-refractivity contribution in [2.45, 2.75) is 13.3 Å². The number of hydrogen-bond donors (Lipinski definition) is 1. The van der Waals surface area contributed by atoms with E-state index in [1.54, 1.807) is 12.3 Å². The van der Waals surface area contributed by atoms with Crippen molar-refractivity contribution in [3.63, 3.8) is 0 Å². The van der Waals surface area contributed by atoms with Gasteiger partial charge in [0.2, 0.25) is 0 Å². The molecule has 1 N–H and O–H groups in total. The number of benzene rings is 2. The third-order valence-electron chi connectivity index (χ3n) is 3.61. The number of rotatable bonds is 3. The van der Waals surface area contributed by atoms with E-state index in [9.17, 15) is 9.90 Å². The largest absolute Gasteiger partial charge is 0.478 e. The molecule has 3 heteroatoms. The van der Waals surface area contributed by atoms with Crippen molar-refractivity contribution in [1.82, 2.24) is 4.98 Å². The molecule has 0 fully saturated rings. The first-order valence-corrected chi connectivity index (χ1v) is 6.80. The van der Waals surface area contributed by atoms with Gasteiger partial charge in [0.1, 0.15) is 0 Å². The minimum absolute atomic E-state index is 0.362. The van der Waals surface area contributed by atoms with Crippen molar-refractivity contribution in [3.8, 4) is 0 Å². The third kappa shape index (κ3) is 2.63. The minimum Gasteiger partial charge on any atom is -0.478 e. The van der Waals surface area contributed by atoms with E-state index in [1.165, 1.54) is 0 Å². The molecule has 0 aliphatic rings. The Balaban J connectivity index is 2.11. The number of nitrogens with zero attached hydrogens (tertiary/aromatic N) is 1. The van der Waals surface area contributed by atoms with Crippen LogP contribution < -0.4 is 0 Å². The highest BCUT2D eigenvalue weighted by molar-refractivity contribution is 5.90. The zero-order valence-corrected chi connectivity index (χ0v) is 11.7. The van der Waals surface area contributed by atoms with Crippen molar-refractivity contribution in [3.05, 3.63) is 77.0 Å². The van der Waals surface area contributed by atoms with Gasteiger partial charge in [0.15, 0.2) is 0 Å². The van der Waals surface area contributed by atoms with E-state index >= 15 is 0 Å². The zero-order chi connectivity index (χ0) is 14.8. The molecular weight excluding hydrogens is 262 g/mol. The van der Waals surface area contributed by atoms with Crippen LogP contribution in [0.15, 0.2) is 54.7 Å². The van der Waals surface area contributed by atoms with Crippen molar-refractivity contribution in [2.75, 3.05) is 0 Å². The highest BCUT2D eigenvalue weighted by Crippen LogP contribution is 2.22. The van der Waals surface area contributed by atoms with E-state index < -0.39 is 5.97 Å². The molecule has 104 valence electrons. The number of hydrogen-bond acceptors (Lipinski definition) is 2. The molecule has 0 amide bonds. The lowest BCUT2D eigenvalue weighted by atomic mass is 9.96. The van der Waals surface area contributed by atoms with Crippen molar-refractivity contribution < 1.29 is 9.90 Å². The van der Waals surface area contributed by atoms with Crippen molar-refractivity contribution >= 4 is 16.9 Å². The Kier molecular flexibility index (Phi) is 3.40. The third-order valence-corrected chi connectivity index (χ3v) is 3.61. The van der Waals surface area contributed by atoms with Gasteiger partial charge in [-0.2, -0.15) is 0 Å². The minimum atomic E-state index is -0.886. The topological polar surface area (TPSA) is 50.2 Å². The second kappa shape index (κ2) is 5.37. The quantitative estimate of drug-likeness (QED) is 0.791. The summed E-state index contributed by atoms with van der Waals surface area (Å²) in [4.78, 5) is 15.7. The van der Waals surface area contributed by atoms with E-state index in [0.29, 0.717) is 12.0 Å². The maximum atomic E-state index is 11.4.